The fourth-order valence-electron chi connectivity index (χ4n) is 7.98. The summed E-state index contributed by atoms with van der Waals surface area (Å²) in [7, 11) is 3.47. The number of pyridine rings is 1. The Balaban J connectivity index is 1.50. The third-order valence-corrected chi connectivity index (χ3v) is 11.6. The Kier molecular flexibility index (Phi) is 9.57. The van der Waals surface area contributed by atoms with Gasteiger partial charge in [0.2, 0.25) is 0 Å². The highest BCUT2D eigenvalue weighted by Gasteiger charge is 2.49. The van der Waals surface area contributed by atoms with Gasteiger partial charge < -0.3 is 30.6 Å². The fourth-order valence-corrected chi connectivity index (χ4v) is 9.06. The number of hydrogen-bond acceptors (Lipinski definition) is 13. The quantitative estimate of drug-likeness (QED) is 0.270. The first kappa shape index (κ1) is 37.2. The van der Waals surface area contributed by atoms with Gasteiger partial charge in [-0.3, -0.25) is 4.90 Å². The summed E-state index contributed by atoms with van der Waals surface area (Å²) >= 11 is 0.718. The molecule has 0 radical (unpaired) electrons. The number of nitriles is 2. The third-order valence-electron chi connectivity index (χ3n) is 10.5. The summed E-state index contributed by atoms with van der Waals surface area (Å²) in [6.07, 6.45) is -2.03. The van der Waals surface area contributed by atoms with Gasteiger partial charge in [0.25, 0.3) is 0 Å². The second kappa shape index (κ2) is 13.9. The van der Waals surface area contributed by atoms with Gasteiger partial charge in [-0.05, 0) is 39.5 Å². The monoisotopic (exact) mass is 767 g/mol. The number of halogens is 5. The number of aromatic nitrogens is 3. The van der Waals surface area contributed by atoms with Crippen molar-refractivity contribution in [3.63, 3.8) is 0 Å². The Bertz CT molecular complexity index is 2230. The van der Waals surface area contributed by atoms with E-state index in [9.17, 15) is 10.5 Å². The maximum Gasteiger partial charge on any atom is 0.420 e. The number of benzene rings is 1. The molecule has 2 aromatic heterocycles. The molecule has 54 heavy (non-hydrogen) atoms. The molecule has 4 aliphatic rings. The van der Waals surface area contributed by atoms with Crippen LogP contribution < -0.4 is 25.8 Å². The largest absolute Gasteiger partial charge is 0.490 e. The minimum absolute atomic E-state index is 0.0601. The molecule has 3 aliphatic heterocycles. The number of anilines is 2. The predicted octanol–water partition coefficient (Wildman–Crippen LogP) is 5.97. The van der Waals surface area contributed by atoms with E-state index in [0.717, 1.165) is 23.9 Å². The van der Waals surface area contributed by atoms with Crippen LogP contribution in [0, 0.1) is 34.4 Å². The number of fused-ring (bicyclic) bond motifs is 1. The number of alkyl halides is 3. The van der Waals surface area contributed by atoms with Gasteiger partial charge in [-0.15, -0.1) is 0 Å². The minimum Gasteiger partial charge on any atom is -0.490 e. The average molecular weight is 768 g/mol. The molecule has 1 saturated heterocycles. The van der Waals surface area contributed by atoms with E-state index in [2.05, 4.69) is 15.0 Å². The predicted molar refractivity (Wildman–Crippen MR) is 189 cm³/mol. The summed E-state index contributed by atoms with van der Waals surface area (Å²) in [5.74, 6) is -5.87. The van der Waals surface area contributed by atoms with Crippen LogP contribution in [0.4, 0.5) is 33.6 Å². The molecule has 0 amide bonds. The summed E-state index contributed by atoms with van der Waals surface area (Å²) in [6.45, 7) is 3.75. The fraction of sp³-hybridized carbons (Fsp3) is 0.417. The van der Waals surface area contributed by atoms with Gasteiger partial charge >= 0.3 is 12.2 Å². The average Bonchev–Trinajstić information content (AvgIpc) is 3.62. The van der Waals surface area contributed by atoms with Crippen molar-refractivity contribution in [1.29, 1.82) is 10.5 Å². The molecule has 1 fully saturated rings. The molecule has 2 unspecified atom stereocenters. The number of likely N-dealkylation sites (N-methyl/N-ethyl adjacent to an activating group) is 1. The molecule has 0 saturated carbocycles. The molecule has 1 aromatic carbocycles. The Morgan fingerprint density at radius 2 is 1.89 bits per heavy atom. The second-order valence-corrected chi connectivity index (χ2v) is 14.5. The lowest BCUT2D eigenvalue weighted by atomic mass is 9.76. The molecule has 0 bridgehead atoms. The van der Waals surface area contributed by atoms with Crippen molar-refractivity contribution in [3.8, 4) is 23.9 Å². The molecule has 7 rings (SSSR count). The molecule has 3 aromatic rings. The molecular formula is C36H34F5N9O3S. The van der Waals surface area contributed by atoms with Gasteiger partial charge in [0.05, 0.1) is 52.4 Å². The first-order valence-corrected chi connectivity index (χ1v) is 17.8. The number of hydrogen-bond donors (Lipinski definition) is 2. The zero-order valence-electron chi connectivity index (χ0n) is 29.4. The lowest BCUT2D eigenvalue weighted by Gasteiger charge is -2.32. The second-order valence-electron chi connectivity index (χ2n) is 13.4. The van der Waals surface area contributed by atoms with Gasteiger partial charge in [-0.2, -0.15) is 33.7 Å². The molecule has 4 N–H and O–H groups in total. The highest BCUT2D eigenvalue weighted by Crippen LogP contribution is 2.58. The Morgan fingerprint density at radius 1 is 1.13 bits per heavy atom. The van der Waals surface area contributed by atoms with Gasteiger partial charge in [0.1, 0.15) is 53.1 Å². The zero-order chi connectivity index (χ0) is 38.8. The van der Waals surface area contributed by atoms with E-state index < -0.39 is 64.2 Å². The summed E-state index contributed by atoms with van der Waals surface area (Å²) < 4.78 is 97.0. The number of thioether (sulfide) groups is 1. The molecule has 1 aliphatic carbocycles. The van der Waals surface area contributed by atoms with Crippen LogP contribution >= 0.6 is 11.8 Å². The highest BCUT2D eigenvalue weighted by atomic mass is 32.2. The molecule has 12 nitrogen and oxygen atoms in total. The summed E-state index contributed by atoms with van der Waals surface area (Å²) in [6, 6.07) is 4.01. The van der Waals surface area contributed by atoms with E-state index in [1.807, 2.05) is 24.1 Å². The third kappa shape index (κ3) is 6.02. The van der Waals surface area contributed by atoms with Crippen LogP contribution in [0.2, 0.25) is 0 Å². The number of nitrogen functional groups attached to an aromatic ring is 1. The van der Waals surface area contributed by atoms with Crippen molar-refractivity contribution in [2.75, 3.05) is 44.5 Å². The van der Waals surface area contributed by atoms with Gasteiger partial charge in [0, 0.05) is 47.7 Å². The zero-order valence-corrected chi connectivity index (χ0v) is 30.2. The number of nitrogens with zero attached hydrogens (tertiary/aromatic N) is 7. The minimum atomic E-state index is -5.22. The Labute approximate surface area is 310 Å². The lowest BCUT2D eigenvalue weighted by Crippen LogP contribution is -2.45. The molecular weight excluding hydrogens is 734 g/mol. The topological polar surface area (TPSA) is 172 Å². The normalized spacial score (nSPS) is 23.9. The van der Waals surface area contributed by atoms with Crippen LogP contribution in [0.1, 0.15) is 54.5 Å². The maximum atomic E-state index is 17.5. The van der Waals surface area contributed by atoms with Crippen molar-refractivity contribution in [1.82, 2.24) is 19.9 Å². The molecule has 282 valence electrons. The van der Waals surface area contributed by atoms with Gasteiger partial charge in [-0.1, -0.05) is 17.8 Å². The van der Waals surface area contributed by atoms with Crippen LogP contribution in [-0.4, -0.2) is 72.0 Å². The first-order chi connectivity index (χ1) is 25.7. The number of nitrogens with two attached hydrogens (primary N) is 2. The van der Waals surface area contributed by atoms with Crippen LogP contribution in [0.5, 0.6) is 11.8 Å². The van der Waals surface area contributed by atoms with E-state index in [1.54, 1.807) is 25.9 Å². The van der Waals surface area contributed by atoms with E-state index in [0.29, 0.717) is 18.5 Å². The summed E-state index contributed by atoms with van der Waals surface area (Å²) in [5.41, 5.74) is 9.76. The number of ether oxygens (including phenoxy) is 3. The molecule has 0 spiro atoms. The van der Waals surface area contributed by atoms with Crippen LogP contribution in [0.25, 0.3) is 10.9 Å². The van der Waals surface area contributed by atoms with Crippen molar-refractivity contribution in [2.24, 2.45) is 11.7 Å². The van der Waals surface area contributed by atoms with E-state index >= 15 is 22.0 Å². The van der Waals surface area contributed by atoms with E-state index in [4.69, 9.17) is 25.7 Å². The standard InChI is InChI=1S/C36H34F5N9O3S/c1-15(19-11-17(12-42)14-46-32(19)44)50-9-10-52-30-25-28(47-35(48-34(25)50)53-16(2)29-22(51-4)7-8-49(29)3)27(38)24(26(30)36(39,40)41)18-5-6-21(37)31-23(18)20(13-43)33(45)54-31/h5-6,11,14-16,18,22-23,29H,7-10,45H2,1-4H3,(H2,44,46)/t15-,16+,18?,22+,23?,29+/m1/s1. The van der Waals surface area contributed by atoms with Crippen LogP contribution in [0.3, 0.4) is 0 Å². The number of rotatable bonds is 7. The van der Waals surface area contributed by atoms with Crippen LogP contribution in [-0.2, 0) is 10.9 Å². The van der Waals surface area contributed by atoms with Crippen molar-refractivity contribution >= 4 is 34.3 Å². The number of allylic oxidation sites excluding steroid dienone is 5. The van der Waals surface area contributed by atoms with Gasteiger partial charge in [0.15, 0.2) is 5.82 Å². The molecule has 6 atom stereocenters. The smallest absolute Gasteiger partial charge is 0.420 e. The van der Waals surface area contributed by atoms with E-state index in [1.165, 1.54) is 12.3 Å². The lowest BCUT2D eigenvalue weighted by molar-refractivity contribution is -0.139. The van der Waals surface area contributed by atoms with Crippen molar-refractivity contribution in [3.05, 3.63) is 73.8 Å². The van der Waals surface area contributed by atoms with Gasteiger partial charge in [-0.25, -0.2) is 13.8 Å². The Hall–Kier alpha value is -5.17. The first-order valence-electron chi connectivity index (χ1n) is 16.9. The summed E-state index contributed by atoms with van der Waals surface area (Å²) in [5, 5.41) is 19.1. The highest BCUT2D eigenvalue weighted by molar-refractivity contribution is 8.07. The van der Waals surface area contributed by atoms with Crippen molar-refractivity contribution < 1.29 is 36.2 Å². The number of likely N-dealkylation sites (tertiary alicyclic amines) is 1. The SMILES string of the molecule is CO[C@H]1CCN(C)[C@H]1[C@H](C)Oc1nc2c3c(c(C(F)(F)F)c(C4C=CC(F)=C5SC(N)=C(C#N)C54)c(F)c3n1)OCCN2[C@H](C)c1cc(C#N)cnc1N. The molecule has 5 heterocycles. The summed E-state index contributed by atoms with van der Waals surface area (Å²) in [4.78, 5) is 16.7. The maximum absolute atomic E-state index is 17.5. The van der Waals surface area contributed by atoms with Crippen LogP contribution in [0.15, 0.2) is 45.7 Å². The molecule has 18 heteroatoms. The van der Waals surface area contributed by atoms with E-state index in [-0.39, 0.29) is 69.4 Å². The van der Waals surface area contributed by atoms with Crippen molar-refractivity contribution in [2.45, 2.75) is 56.7 Å². The number of methoxy groups -OCH3 is 1. The Morgan fingerprint density at radius 3 is 2.57 bits per heavy atom.